The lowest BCUT2D eigenvalue weighted by molar-refractivity contribution is 0.377. The molecule has 1 aromatic heterocycles. The Morgan fingerprint density at radius 3 is 2.65 bits per heavy atom. The summed E-state index contributed by atoms with van der Waals surface area (Å²) in [5.41, 5.74) is 1.93. The van der Waals surface area contributed by atoms with Gasteiger partial charge in [0.05, 0.1) is 17.2 Å². The lowest BCUT2D eigenvalue weighted by Gasteiger charge is -2.28. The fourth-order valence-corrected chi connectivity index (χ4v) is 2.68. The first-order chi connectivity index (χ1) is 9.33. The minimum absolute atomic E-state index is 0. The molecule has 0 bridgehead atoms. The second-order valence-corrected chi connectivity index (χ2v) is 5.29. The molecule has 0 saturated carbocycles. The molecular weight excluding hydrogens is 272 g/mol. The number of aromatic nitrogens is 2. The highest BCUT2D eigenvalue weighted by Crippen LogP contribution is 2.18. The molecule has 1 aliphatic rings. The zero-order valence-electron chi connectivity index (χ0n) is 11.7. The van der Waals surface area contributed by atoms with E-state index in [2.05, 4.69) is 27.2 Å². The van der Waals surface area contributed by atoms with Crippen molar-refractivity contribution >= 4 is 29.3 Å². The number of fused-ring (bicyclic) bond motifs is 1. The van der Waals surface area contributed by atoms with Gasteiger partial charge in [0, 0.05) is 13.6 Å². The molecule has 0 aliphatic carbocycles. The van der Waals surface area contributed by atoms with Crippen molar-refractivity contribution in [2.24, 2.45) is 5.92 Å². The number of nitrogens with zero attached hydrogens (tertiary/aromatic N) is 3. The third kappa shape index (κ3) is 3.38. The molecule has 1 saturated heterocycles. The van der Waals surface area contributed by atoms with Gasteiger partial charge in [0.2, 0.25) is 0 Å². The quantitative estimate of drug-likeness (QED) is 0.944. The van der Waals surface area contributed by atoms with E-state index in [1.54, 1.807) is 0 Å². The summed E-state index contributed by atoms with van der Waals surface area (Å²) in [5.74, 6) is 1.73. The van der Waals surface area contributed by atoms with Crippen LogP contribution in [0.1, 0.15) is 12.8 Å². The fourth-order valence-electron chi connectivity index (χ4n) is 2.68. The first-order valence-electron chi connectivity index (χ1n) is 6.96. The standard InChI is InChI=1S/C15H20N4.ClH/c1-19(11-12-6-8-16-9-7-12)15-10-17-13-4-2-3-5-14(13)18-15;/h2-5,10,12,16H,6-9,11H2,1H3;1H. The van der Waals surface area contributed by atoms with Crippen molar-refractivity contribution in [1.29, 1.82) is 0 Å². The van der Waals surface area contributed by atoms with E-state index in [1.807, 2.05) is 30.5 Å². The molecule has 0 unspecified atom stereocenters. The molecule has 1 N–H and O–H groups in total. The number of para-hydroxylation sites is 2. The third-order valence-corrected chi connectivity index (χ3v) is 3.82. The van der Waals surface area contributed by atoms with E-state index < -0.39 is 0 Å². The molecule has 3 rings (SSSR count). The summed E-state index contributed by atoms with van der Waals surface area (Å²) in [6.45, 7) is 3.35. The van der Waals surface area contributed by atoms with Gasteiger partial charge in [-0.3, -0.25) is 4.98 Å². The Labute approximate surface area is 126 Å². The summed E-state index contributed by atoms with van der Waals surface area (Å²) in [7, 11) is 2.11. The molecule has 5 heteroatoms. The number of hydrogen-bond acceptors (Lipinski definition) is 4. The van der Waals surface area contributed by atoms with Crippen LogP contribution in [0.3, 0.4) is 0 Å². The molecule has 108 valence electrons. The van der Waals surface area contributed by atoms with E-state index in [0.717, 1.165) is 42.4 Å². The Morgan fingerprint density at radius 2 is 1.90 bits per heavy atom. The van der Waals surface area contributed by atoms with Crippen LogP contribution in [0.4, 0.5) is 5.82 Å². The van der Waals surface area contributed by atoms with Crippen LogP contribution < -0.4 is 10.2 Å². The number of hydrogen-bond donors (Lipinski definition) is 1. The lowest BCUT2D eigenvalue weighted by atomic mass is 9.98. The number of halogens is 1. The van der Waals surface area contributed by atoms with Gasteiger partial charge < -0.3 is 10.2 Å². The van der Waals surface area contributed by atoms with Gasteiger partial charge in [-0.2, -0.15) is 0 Å². The Bertz CT molecular complexity index is 554. The first-order valence-corrected chi connectivity index (χ1v) is 6.96. The van der Waals surface area contributed by atoms with E-state index in [9.17, 15) is 0 Å². The van der Waals surface area contributed by atoms with Crippen molar-refractivity contribution in [2.45, 2.75) is 12.8 Å². The summed E-state index contributed by atoms with van der Waals surface area (Å²) < 4.78 is 0. The van der Waals surface area contributed by atoms with Crippen molar-refractivity contribution in [3.8, 4) is 0 Å². The third-order valence-electron chi connectivity index (χ3n) is 3.82. The topological polar surface area (TPSA) is 41.0 Å². The summed E-state index contributed by atoms with van der Waals surface area (Å²) in [5, 5.41) is 3.41. The van der Waals surface area contributed by atoms with Gasteiger partial charge in [0.25, 0.3) is 0 Å². The van der Waals surface area contributed by atoms with E-state index >= 15 is 0 Å². The molecule has 2 heterocycles. The predicted molar refractivity (Wildman–Crippen MR) is 85.6 cm³/mol. The van der Waals surface area contributed by atoms with E-state index in [0.29, 0.717) is 0 Å². The van der Waals surface area contributed by atoms with Crippen LogP contribution in [-0.2, 0) is 0 Å². The van der Waals surface area contributed by atoms with E-state index in [-0.39, 0.29) is 12.4 Å². The normalized spacial score (nSPS) is 15.8. The monoisotopic (exact) mass is 292 g/mol. The number of piperidine rings is 1. The summed E-state index contributed by atoms with van der Waals surface area (Å²) in [4.78, 5) is 11.4. The second-order valence-electron chi connectivity index (χ2n) is 5.29. The Hall–Kier alpha value is -1.39. The summed E-state index contributed by atoms with van der Waals surface area (Å²) >= 11 is 0. The van der Waals surface area contributed by atoms with Gasteiger partial charge in [-0.25, -0.2) is 4.98 Å². The predicted octanol–water partition coefficient (Wildman–Crippen LogP) is 2.49. The van der Waals surface area contributed by atoms with Crippen LogP contribution in [0.2, 0.25) is 0 Å². The highest BCUT2D eigenvalue weighted by atomic mass is 35.5. The number of benzene rings is 1. The average molecular weight is 293 g/mol. The van der Waals surface area contributed by atoms with Crippen LogP contribution >= 0.6 is 12.4 Å². The molecule has 1 aromatic carbocycles. The molecule has 0 spiro atoms. The van der Waals surface area contributed by atoms with Crippen molar-refractivity contribution in [2.75, 3.05) is 31.6 Å². The maximum Gasteiger partial charge on any atom is 0.147 e. The average Bonchev–Trinajstić information content (AvgIpc) is 2.48. The largest absolute Gasteiger partial charge is 0.358 e. The minimum Gasteiger partial charge on any atom is -0.358 e. The van der Waals surface area contributed by atoms with Crippen LogP contribution in [0.25, 0.3) is 11.0 Å². The van der Waals surface area contributed by atoms with Crippen molar-refractivity contribution < 1.29 is 0 Å². The lowest BCUT2D eigenvalue weighted by Crippen LogP contribution is -2.34. The van der Waals surface area contributed by atoms with Crippen LogP contribution in [-0.4, -0.2) is 36.6 Å². The number of nitrogens with one attached hydrogen (secondary N) is 1. The van der Waals surface area contributed by atoms with Gasteiger partial charge in [-0.1, -0.05) is 12.1 Å². The van der Waals surface area contributed by atoms with E-state index in [1.165, 1.54) is 12.8 Å². The minimum atomic E-state index is 0. The highest BCUT2D eigenvalue weighted by molar-refractivity contribution is 5.85. The van der Waals surface area contributed by atoms with Crippen LogP contribution in [0, 0.1) is 5.92 Å². The molecule has 1 aliphatic heterocycles. The summed E-state index contributed by atoms with van der Waals surface area (Å²) in [6.07, 6.45) is 4.39. The molecule has 4 nitrogen and oxygen atoms in total. The molecule has 0 amide bonds. The molecule has 0 atom stereocenters. The Morgan fingerprint density at radius 1 is 1.20 bits per heavy atom. The molecule has 0 radical (unpaired) electrons. The zero-order chi connectivity index (χ0) is 13.1. The highest BCUT2D eigenvalue weighted by Gasteiger charge is 2.16. The van der Waals surface area contributed by atoms with Crippen molar-refractivity contribution in [3.05, 3.63) is 30.5 Å². The second kappa shape index (κ2) is 6.86. The van der Waals surface area contributed by atoms with Crippen molar-refractivity contribution in [3.63, 3.8) is 0 Å². The first kappa shape index (κ1) is 15.0. The Kier molecular flexibility index (Phi) is 5.15. The van der Waals surface area contributed by atoms with E-state index in [4.69, 9.17) is 0 Å². The SMILES string of the molecule is CN(CC1CCNCC1)c1cnc2ccccc2n1.Cl. The van der Waals surface area contributed by atoms with Crippen LogP contribution in [0.5, 0.6) is 0 Å². The summed E-state index contributed by atoms with van der Waals surface area (Å²) in [6, 6.07) is 8.02. The van der Waals surface area contributed by atoms with Gasteiger partial charge in [0.15, 0.2) is 0 Å². The van der Waals surface area contributed by atoms with Gasteiger partial charge in [0.1, 0.15) is 5.82 Å². The Balaban J connectivity index is 0.00000147. The zero-order valence-corrected chi connectivity index (χ0v) is 12.6. The van der Waals surface area contributed by atoms with Crippen molar-refractivity contribution in [1.82, 2.24) is 15.3 Å². The number of anilines is 1. The molecule has 1 fully saturated rings. The molecular formula is C15H21ClN4. The van der Waals surface area contributed by atoms with Gasteiger partial charge >= 0.3 is 0 Å². The molecule has 20 heavy (non-hydrogen) atoms. The maximum atomic E-state index is 4.69. The van der Waals surface area contributed by atoms with Gasteiger partial charge in [-0.15, -0.1) is 12.4 Å². The number of rotatable bonds is 3. The smallest absolute Gasteiger partial charge is 0.147 e. The van der Waals surface area contributed by atoms with Gasteiger partial charge in [-0.05, 0) is 44.0 Å². The maximum absolute atomic E-state index is 4.69. The van der Waals surface area contributed by atoms with Crippen LogP contribution in [0.15, 0.2) is 30.5 Å². The fraction of sp³-hybridized carbons (Fsp3) is 0.467. The molecule has 2 aromatic rings.